The molecule has 2 heterocycles. The Balaban J connectivity index is 1.40. The third kappa shape index (κ3) is 3.33. The minimum absolute atomic E-state index is 0.140. The van der Waals surface area contributed by atoms with Gasteiger partial charge in [0.25, 0.3) is 0 Å². The second kappa shape index (κ2) is 7.03. The summed E-state index contributed by atoms with van der Waals surface area (Å²) in [6.45, 7) is 2.80. The van der Waals surface area contributed by atoms with Crippen molar-refractivity contribution in [1.82, 2.24) is 20.5 Å². The van der Waals surface area contributed by atoms with Gasteiger partial charge in [0, 0.05) is 24.8 Å². The third-order valence-corrected chi connectivity index (χ3v) is 4.72. The predicted molar refractivity (Wildman–Crippen MR) is 102 cm³/mol. The van der Waals surface area contributed by atoms with Gasteiger partial charge < -0.3 is 10.6 Å². The molecule has 1 unspecified atom stereocenters. The van der Waals surface area contributed by atoms with E-state index in [1.165, 1.54) is 11.1 Å². The second-order valence-electron chi connectivity index (χ2n) is 6.52. The van der Waals surface area contributed by atoms with Gasteiger partial charge in [0.1, 0.15) is 5.82 Å². The molecule has 0 aliphatic heterocycles. The summed E-state index contributed by atoms with van der Waals surface area (Å²) in [5, 5.41) is 17.1. The highest BCUT2D eigenvalue weighted by atomic mass is 16.2. The van der Waals surface area contributed by atoms with Crippen LogP contribution in [0.2, 0.25) is 0 Å². The summed E-state index contributed by atoms with van der Waals surface area (Å²) in [5.74, 6) is 1.27. The van der Waals surface area contributed by atoms with Gasteiger partial charge in [-0.05, 0) is 37.3 Å². The molecule has 4 rings (SSSR count). The van der Waals surface area contributed by atoms with E-state index >= 15 is 0 Å². The highest BCUT2D eigenvalue weighted by molar-refractivity contribution is 5.94. The van der Waals surface area contributed by atoms with Crippen molar-refractivity contribution in [2.24, 2.45) is 0 Å². The maximum atomic E-state index is 12.3. The Labute approximate surface area is 151 Å². The van der Waals surface area contributed by atoms with Gasteiger partial charge in [-0.2, -0.15) is 5.10 Å². The molecule has 7 nitrogen and oxygen atoms in total. The molecule has 7 heteroatoms. The first kappa shape index (κ1) is 16.4. The van der Waals surface area contributed by atoms with Crippen molar-refractivity contribution in [1.29, 1.82) is 0 Å². The number of amides is 2. The monoisotopic (exact) mass is 350 g/mol. The molecule has 0 radical (unpaired) electrons. The fraction of sp³-hybridized carbons (Fsp3) is 0.316. The summed E-state index contributed by atoms with van der Waals surface area (Å²) < 4.78 is 0. The lowest BCUT2D eigenvalue weighted by Crippen LogP contribution is -2.41. The highest BCUT2D eigenvalue weighted by Crippen LogP contribution is 2.22. The van der Waals surface area contributed by atoms with Gasteiger partial charge in [-0.1, -0.05) is 24.3 Å². The second-order valence-corrected chi connectivity index (χ2v) is 6.52. The zero-order chi connectivity index (χ0) is 17.9. The zero-order valence-electron chi connectivity index (χ0n) is 14.7. The number of anilines is 2. The summed E-state index contributed by atoms with van der Waals surface area (Å²) in [6.07, 6.45) is 4.52. The maximum Gasteiger partial charge on any atom is 0.320 e. The Morgan fingerprint density at radius 2 is 2.15 bits per heavy atom. The molecule has 1 aliphatic rings. The Morgan fingerprint density at radius 3 is 3.00 bits per heavy atom. The molecule has 0 fully saturated rings. The van der Waals surface area contributed by atoms with Gasteiger partial charge in [-0.15, -0.1) is 0 Å². The van der Waals surface area contributed by atoms with E-state index in [0.29, 0.717) is 5.82 Å². The number of hydrogen-bond donors (Lipinski definition) is 4. The fourth-order valence-electron chi connectivity index (χ4n) is 3.44. The molecule has 0 saturated heterocycles. The number of hydrogen-bond acceptors (Lipinski definition) is 4. The molecule has 2 amide bonds. The van der Waals surface area contributed by atoms with Crippen LogP contribution in [0, 0.1) is 0 Å². The number of pyridine rings is 1. The number of nitrogens with zero attached hydrogens (tertiary/aromatic N) is 2. The molecule has 0 bridgehead atoms. The Kier molecular flexibility index (Phi) is 4.43. The molecule has 0 spiro atoms. The molecule has 1 aromatic carbocycles. The topological polar surface area (TPSA) is 94.7 Å². The zero-order valence-corrected chi connectivity index (χ0v) is 14.7. The highest BCUT2D eigenvalue weighted by Gasteiger charge is 2.20. The van der Waals surface area contributed by atoms with Gasteiger partial charge in [-0.3, -0.25) is 10.4 Å². The number of urea groups is 1. The molecule has 1 atom stereocenters. The number of aromatic amines is 1. The molecule has 134 valence electrons. The first-order valence-electron chi connectivity index (χ1n) is 8.95. The normalized spacial score (nSPS) is 16.1. The number of benzene rings is 1. The molecule has 26 heavy (non-hydrogen) atoms. The molecule has 4 N–H and O–H groups in total. The van der Waals surface area contributed by atoms with Crippen molar-refractivity contribution in [2.75, 3.05) is 17.2 Å². The van der Waals surface area contributed by atoms with Crippen LogP contribution in [0.5, 0.6) is 0 Å². The number of carbonyl (C=O) groups is 1. The van der Waals surface area contributed by atoms with Gasteiger partial charge >= 0.3 is 6.03 Å². The lowest BCUT2D eigenvalue weighted by Gasteiger charge is -2.25. The maximum absolute atomic E-state index is 12.3. The van der Waals surface area contributed by atoms with E-state index in [2.05, 4.69) is 49.3 Å². The van der Waals surface area contributed by atoms with Crippen LogP contribution >= 0.6 is 0 Å². The molecule has 0 saturated carbocycles. The molecule has 1 aliphatic carbocycles. The first-order chi connectivity index (χ1) is 12.7. The number of fused-ring (bicyclic) bond motifs is 2. The van der Waals surface area contributed by atoms with Crippen molar-refractivity contribution in [2.45, 2.75) is 32.2 Å². The van der Waals surface area contributed by atoms with Gasteiger partial charge in [0.15, 0.2) is 5.82 Å². The number of H-pyrrole nitrogens is 1. The summed E-state index contributed by atoms with van der Waals surface area (Å²) in [7, 11) is 0. The van der Waals surface area contributed by atoms with Crippen LogP contribution in [0.4, 0.5) is 16.4 Å². The standard InChI is InChI=1S/C19H22N6O/c1-2-20-18-15-11-21-17(10-16(15)24-25-18)23-19(26)22-14-8-7-12-5-3-4-6-13(12)9-14/h3-6,10-11,14H,2,7-9H2,1H3,(H2,20,24,25)(H2,21,22,23,26). The van der Waals surface area contributed by atoms with Crippen molar-refractivity contribution in [3.05, 3.63) is 47.7 Å². The summed E-state index contributed by atoms with van der Waals surface area (Å²) in [5.41, 5.74) is 3.53. The number of carbonyl (C=O) groups excluding carboxylic acids is 1. The molecular weight excluding hydrogens is 328 g/mol. The van der Waals surface area contributed by atoms with Crippen LogP contribution < -0.4 is 16.0 Å². The van der Waals surface area contributed by atoms with E-state index in [1.54, 1.807) is 12.3 Å². The lowest BCUT2D eigenvalue weighted by molar-refractivity contribution is 0.247. The molecule has 3 aromatic rings. The van der Waals surface area contributed by atoms with E-state index in [1.807, 2.05) is 13.0 Å². The average molecular weight is 350 g/mol. The average Bonchev–Trinajstić information content (AvgIpc) is 3.04. The van der Waals surface area contributed by atoms with Crippen molar-refractivity contribution >= 4 is 28.6 Å². The van der Waals surface area contributed by atoms with Crippen molar-refractivity contribution < 1.29 is 4.79 Å². The Hall–Kier alpha value is -3.09. The summed E-state index contributed by atoms with van der Waals surface area (Å²) in [6, 6.07) is 10.1. The SMILES string of the molecule is CCNc1n[nH]c2cc(NC(=O)NC3CCc4ccccc4C3)ncc12. The van der Waals surface area contributed by atoms with Gasteiger partial charge in [-0.25, -0.2) is 9.78 Å². The molecule has 2 aromatic heterocycles. The summed E-state index contributed by atoms with van der Waals surface area (Å²) in [4.78, 5) is 16.7. The van der Waals surface area contributed by atoms with Crippen LogP contribution in [-0.4, -0.2) is 33.8 Å². The lowest BCUT2D eigenvalue weighted by atomic mass is 9.88. The minimum atomic E-state index is -0.229. The van der Waals surface area contributed by atoms with Gasteiger partial charge in [0.2, 0.25) is 0 Å². The number of aryl methyl sites for hydroxylation is 1. The fourth-order valence-corrected chi connectivity index (χ4v) is 3.44. The largest absolute Gasteiger partial charge is 0.368 e. The predicted octanol–water partition coefficient (Wildman–Crippen LogP) is 3.07. The van der Waals surface area contributed by atoms with Gasteiger partial charge in [0.05, 0.1) is 10.9 Å². The van der Waals surface area contributed by atoms with Crippen LogP contribution in [0.15, 0.2) is 36.5 Å². The summed E-state index contributed by atoms with van der Waals surface area (Å²) >= 11 is 0. The Morgan fingerprint density at radius 1 is 1.31 bits per heavy atom. The van der Waals surface area contributed by atoms with Crippen molar-refractivity contribution in [3.8, 4) is 0 Å². The van der Waals surface area contributed by atoms with Crippen LogP contribution in [0.3, 0.4) is 0 Å². The van der Waals surface area contributed by atoms with Crippen LogP contribution in [0.25, 0.3) is 10.9 Å². The van der Waals surface area contributed by atoms with E-state index < -0.39 is 0 Å². The number of nitrogens with one attached hydrogen (secondary N) is 4. The quantitative estimate of drug-likeness (QED) is 0.582. The van der Waals surface area contributed by atoms with E-state index in [-0.39, 0.29) is 12.1 Å². The van der Waals surface area contributed by atoms with E-state index in [4.69, 9.17) is 0 Å². The number of rotatable bonds is 4. The Bertz CT molecular complexity index is 935. The molecular formula is C19H22N6O. The van der Waals surface area contributed by atoms with E-state index in [0.717, 1.165) is 42.5 Å². The third-order valence-electron chi connectivity index (χ3n) is 4.72. The van der Waals surface area contributed by atoms with Crippen LogP contribution in [0.1, 0.15) is 24.5 Å². The number of aromatic nitrogens is 3. The van der Waals surface area contributed by atoms with E-state index in [9.17, 15) is 4.79 Å². The van der Waals surface area contributed by atoms with Crippen molar-refractivity contribution in [3.63, 3.8) is 0 Å². The minimum Gasteiger partial charge on any atom is -0.368 e. The smallest absolute Gasteiger partial charge is 0.320 e. The van der Waals surface area contributed by atoms with Crippen LogP contribution in [-0.2, 0) is 12.8 Å². The first-order valence-corrected chi connectivity index (χ1v) is 8.95.